The van der Waals surface area contributed by atoms with Gasteiger partial charge in [-0.15, -0.1) is 0 Å². The monoisotopic (exact) mass is 423 g/mol. The van der Waals surface area contributed by atoms with Gasteiger partial charge in [-0.3, -0.25) is 15.3 Å². The number of piperidine rings is 1. The molecule has 2 aromatic heterocycles. The first-order valence-corrected chi connectivity index (χ1v) is 11.5. The molecule has 0 bridgehead atoms. The third-order valence-electron chi connectivity index (χ3n) is 6.95. The van der Waals surface area contributed by atoms with E-state index >= 15 is 0 Å². The Bertz CT molecular complexity index is 851. The second-order valence-electron chi connectivity index (χ2n) is 8.85. The molecule has 0 amide bonds. The average Bonchev–Trinajstić information content (AvgIpc) is 3.11. The molecule has 0 aliphatic carbocycles. The number of β-amino-alcohol motifs (C(OH)–C–C–N with tert-alkyl or cyclic N) is 1. The number of nitrogens with one attached hydrogen (secondary N) is 3. The first-order chi connectivity index (χ1) is 15.3. The van der Waals surface area contributed by atoms with Gasteiger partial charge in [-0.05, 0) is 43.1 Å². The summed E-state index contributed by atoms with van der Waals surface area (Å²) in [5.74, 6) is 1.53. The molecule has 4 unspecified atom stereocenters. The summed E-state index contributed by atoms with van der Waals surface area (Å²) in [6, 6.07) is 11.5. The molecule has 8 heteroatoms. The maximum atomic E-state index is 9.25. The van der Waals surface area contributed by atoms with Crippen LogP contribution in [0.4, 0.5) is 5.82 Å². The predicted molar refractivity (Wildman–Crippen MR) is 120 cm³/mol. The first kappa shape index (κ1) is 20.8. The first-order valence-electron chi connectivity index (χ1n) is 11.5. The van der Waals surface area contributed by atoms with Gasteiger partial charge in [0.1, 0.15) is 5.82 Å². The van der Waals surface area contributed by atoms with Crippen LogP contribution in [0, 0.1) is 5.92 Å². The van der Waals surface area contributed by atoms with Gasteiger partial charge >= 0.3 is 0 Å². The van der Waals surface area contributed by atoms with E-state index in [0.717, 1.165) is 63.6 Å². The van der Waals surface area contributed by atoms with E-state index in [0.29, 0.717) is 18.0 Å². The molecule has 5 heterocycles. The Kier molecular flexibility index (Phi) is 6.42. The Balaban J connectivity index is 1.30. The second-order valence-corrected chi connectivity index (χ2v) is 8.85. The number of fused-ring (bicyclic) bond motifs is 1. The Morgan fingerprint density at radius 1 is 1.06 bits per heavy atom. The lowest BCUT2D eigenvalue weighted by molar-refractivity contribution is 0.204. The van der Waals surface area contributed by atoms with Gasteiger partial charge in [-0.1, -0.05) is 12.1 Å². The Labute approximate surface area is 184 Å². The van der Waals surface area contributed by atoms with Crippen molar-refractivity contribution < 1.29 is 5.11 Å². The highest BCUT2D eigenvalue weighted by Gasteiger charge is 2.42. The molecule has 8 nitrogen and oxygen atoms in total. The van der Waals surface area contributed by atoms with Crippen molar-refractivity contribution in [1.82, 2.24) is 31.0 Å². The van der Waals surface area contributed by atoms with Crippen LogP contribution in [0.1, 0.15) is 36.2 Å². The van der Waals surface area contributed by atoms with Gasteiger partial charge < -0.3 is 15.3 Å². The number of hydrogen-bond acceptors (Lipinski definition) is 8. The van der Waals surface area contributed by atoms with Crippen LogP contribution in [0.2, 0.25) is 0 Å². The largest absolute Gasteiger partial charge is 0.395 e. The van der Waals surface area contributed by atoms with Crippen molar-refractivity contribution in [2.45, 2.75) is 31.0 Å². The van der Waals surface area contributed by atoms with Crippen molar-refractivity contribution in [3.63, 3.8) is 0 Å². The molecule has 3 fully saturated rings. The van der Waals surface area contributed by atoms with Crippen LogP contribution in [0.15, 0.2) is 42.7 Å². The SMILES string of the molecule is OCCN1CCCN(c2cccc(C3NNC4CNC(c5cccnc5)CC43)n2)CC1. The van der Waals surface area contributed by atoms with Gasteiger partial charge in [0.2, 0.25) is 0 Å². The lowest BCUT2D eigenvalue weighted by Crippen LogP contribution is -2.46. The van der Waals surface area contributed by atoms with Crippen molar-refractivity contribution in [3.05, 3.63) is 54.0 Å². The normalized spacial score (nSPS) is 29.5. The van der Waals surface area contributed by atoms with E-state index in [4.69, 9.17) is 4.98 Å². The molecule has 4 N–H and O–H groups in total. The molecule has 3 saturated heterocycles. The molecule has 3 aliphatic rings. The molecule has 166 valence electrons. The number of aliphatic hydroxyl groups excluding tert-OH is 1. The van der Waals surface area contributed by atoms with Gasteiger partial charge in [0.05, 0.1) is 18.3 Å². The van der Waals surface area contributed by atoms with Crippen molar-refractivity contribution in [2.24, 2.45) is 5.92 Å². The number of anilines is 1. The summed E-state index contributed by atoms with van der Waals surface area (Å²) >= 11 is 0. The molecule has 2 aromatic rings. The van der Waals surface area contributed by atoms with Crippen molar-refractivity contribution in [2.75, 3.05) is 50.8 Å². The van der Waals surface area contributed by atoms with Crippen LogP contribution in [-0.2, 0) is 0 Å². The molecule has 0 radical (unpaired) electrons. The number of nitrogens with zero attached hydrogens (tertiary/aromatic N) is 4. The molecule has 0 saturated carbocycles. The summed E-state index contributed by atoms with van der Waals surface area (Å²) in [4.78, 5) is 14.1. The van der Waals surface area contributed by atoms with E-state index in [9.17, 15) is 5.11 Å². The number of aliphatic hydroxyl groups is 1. The van der Waals surface area contributed by atoms with E-state index in [2.05, 4.69) is 55.2 Å². The maximum Gasteiger partial charge on any atom is 0.128 e. The zero-order valence-electron chi connectivity index (χ0n) is 18.0. The van der Waals surface area contributed by atoms with Crippen molar-refractivity contribution in [3.8, 4) is 0 Å². The van der Waals surface area contributed by atoms with E-state index in [-0.39, 0.29) is 12.6 Å². The van der Waals surface area contributed by atoms with Crippen LogP contribution in [0.25, 0.3) is 0 Å². The van der Waals surface area contributed by atoms with Crippen molar-refractivity contribution >= 4 is 5.82 Å². The molecule has 0 aromatic carbocycles. The minimum absolute atomic E-state index is 0.198. The highest BCUT2D eigenvalue weighted by Crippen LogP contribution is 2.38. The molecule has 4 atom stereocenters. The Hall–Kier alpha value is -2.10. The van der Waals surface area contributed by atoms with Crippen LogP contribution in [0.3, 0.4) is 0 Å². The van der Waals surface area contributed by atoms with Gasteiger partial charge in [0.15, 0.2) is 0 Å². The summed E-state index contributed by atoms with van der Waals surface area (Å²) < 4.78 is 0. The fraction of sp³-hybridized carbons (Fsp3) is 0.565. The lowest BCUT2D eigenvalue weighted by atomic mass is 9.81. The van der Waals surface area contributed by atoms with Crippen LogP contribution >= 0.6 is 0 Å². The summed E-state index contributed by atoms with van der Waals surface area (Å²) in [5.41, 5.74) is 9.39. The Morgan fingerprint density at radius 2 is 2.03 bits per heavy atom. The molecule has 0 spiro atoms. The number of hydrazine groups is 1. The summed E-state index contributed by atoms with van der Waals surface area (Å²) in [7, 11) is 0. The molecule has 31 heavy (non-hydrogen) atoms. The zero-order chi connectivity index (χ0) is 21.0. The highest BCUT2D eigenvalue weighted by molar-refractivity contribution is 5.40. The lowest BCUT2D eigenvalue weighted by Gasteiger charge is -2.34. The smallest absolute Gasteiger partial charge is 0.128 e. The second kappa shape index (κ2) is 9.58. The Morgan fingerprint density at radius 3 is 2.90 bits per heavy atom. The minimum atomic E-state index is 0.198. The standard InChI is InChI=1S/C23H33N7O/c31-13-12-29-8-3-9-30(11-10-29)22-6-1-5-19(26-22)23-18-14-20(17-4-2-7-24-15-17)25-16-21(18)27-28-23/h1-2,4-7,15,18,20-21,23,25,27-28,31H,3,8-14,16H2. The third kappa shape index (κ3) is 4.58. The molecular weight excluding hydrogens is 390 g/mol. The van der Waals surface area contributed by atoms with Gasteiger partial charge in [0.25, 0.3) is 0 Å². The van der Waals surface area contributed by atoms with E-state index in [1.54, 1.807) is 0 Å². The van der Waals surface area contributed by atoms with Gasteiger partial charge in [-0.2, -0.15) is 0 Å². The van der Waals surface area contributed by atoms with Gasteiger partial charge in [0, 0.05) is 63.1 Å². The zero-order valence-corrected chi connectivity index (χ0v) is 18.0. The van der Waals surface area contributed by atoms with Crippen LogP contribution in [0.5, 0.6) is 0 Å². The maximum absolute atomic E-state index is 9.25. The highest BCUT2D eigenvalue weighted by atomic mass is 16.3. The topological polar surface area (TPSA) is 88.6 Å². The van der Waals surface area contributed by atoms with Crippen LogP contribution in [-0.4, -0.2) is 71.9 Å². The number of rotatable bonds is 5. The van der Waals surface area contributed by atoms with Crippen molar-refractivity contribution in [1.29, 1.82) is 0 Å². The summed E-state index contributed by atoms with van der Waals surface area (Å²) in [6.45, 7) is 5.88. The summed E-state index contributed by atoms with van der Waals surface area (Å²) in [6.07, 6.45) is 5.95. The molecular formula is C23H33N7O. The number of pyridine rings is 2. The molecule has 3 aliphatic heterocycles. The average molecular weight is 424 g/mol. The predicted octanol–water partition coefficient (Wildman–Crippen LogP) is 0.849. The van der Waals surface area contributed by atoms with E-state index in [1.165, 1.54) is 5.56 Å². The number of hydrogen-bond donors (Lipinski definition) is 4. The number of aromatic nitrogens is 2. The van der Waals surface area contributed by atoms with E-state index in [1.807, 2.05) is 18.5 Å². The van der Waals surface area contributed by atoms with Crippen LogP contribution < -0.4 is 21.1 Å². The van der Waals surface area contributed by atoms with E-state index < -0.39 is 0 Å². The fourth-order valence-electron chi connectivity index (χ4n) is 5.25. The van der Waals surface area contributed by atoms with Gasteiger partial charge in [-0.25, -0.2) is 10.4 Å². The quantitative estimate of drug-likeness (QED) is 0.563. The molecule has 5 rings (SSSR count). The minimum Gasteiger partial charge on any atom is -0.395 e. The third-order valence-corrected chi connectivity index (χ3v) is 6.95. The summed E-state index contributed by atoms with van der Waals surface area (Å²) in [5, 5.41) is 12.9. The fourth-order valence-corrected chi connectivity index (χ4v) is 5.25.